The molecule has 9 heteroatoms. The first-order valence-corrected chi connectivity index (χ1v) is 15.2. The lowest BCUT2D eigenvalue weighted by molar-refractivity contribution is -0.142. The summed E-state index contributed by atoms with van der Waals surface area (Å²) in [6.45, 7) is 1.64. The number of ether oxygens (including phenoxy) is 1. The number of aromatic carboxylic acids is 1. The van der Waals surface area contributed by atoms with Crippen molar-refractivity contribution < 1.29 is 24.2 Å². The van der Waals surface area contributed by atoms with Gasteiger partial charge in [-0.25, -0.2) is 9.59 Å². The molecule has 4 aromatic rings. The molecule has 0 aliphatic rings. The van der Waals surface area contributed by atoms with E-state index in [2.05, 4.69) is 15.9 Å². The number of Topliss-reactive ketones (excluding diaryl/α,β-unsaturated/α-hetero) is 1. The van der Waals surface area contributed by atoms with Gasteiger partial charge < -0.3 is 9.84 Å². The number of esters is 1. The number of carboxylic acid groups (broad SMARTS) is 1. The van der Waals surface area contributed by atoms with Crippen LogP contribution in [0.5, 0.6) is 0 Å². The predicted molar refractivity (Wildman–Crippen MR) is 161 cm³/mol. The molecule has 0 fully saturated rings. The molecule has 1 N–H and O–H groups in total. The van der Waals surface area contributed by atoms with Crippen LogP contribution < -0.4 is 15.9 Å². The first kappa shape index (κ1) is 29.0. The third-order valence-corrected chi connectivity index (χ3v) is 13.8. The second kappa shape index (κ2) is 12.0. The van der Waals surface area contributed by atoms with E-state index < -0.39 is 29.0 Å². The van der Waals surface area contributed by atoms with Gasteiger partial charge in [-0.2, -0.15) is 0 Å². The fraction of sp³-hybridized carbons (Fsp3) is 0.100. The molecule has 1 atom stereocenters. The lowest BCUT2D eigenvalue weighted by Gasteiger charge is -2.38. The number of carbonyl (C=O) groups excluding carboxylic acids is 2. The summed E-state index contributed by atoms with van der Waals surface area (Å²) in [4.78, 5) is 41.4. The van der Waals surface area contributed by atoms with E-state index in [0.717, 1.165) is 6.07 Å². The van der Waals surface area contributed by atoms with Crippen LogP contribution in [0.25, 0.3) is 0 Å². The van der Waals surface area contributed by atoms with Gasteiger partial charge in [-0.1, -0.05) is 77.8 Å². The van der Waals surface area contributed by atoms with Crippen LogP contribution in [0.15, 0.2) is 103 Å². The molecule has 5 nitrogen and oxygen atoms in total. The van der Waals surface area contributed by atoms with Crippen LogP contribution in [-0.4, -0.2) is 33.5 Å². The van der Waals surface area contributed by atoms with Crippen molar-refractivity contribution in [2.24, 2.45) is 0 Å². The van der Waals surface area contributed by atoms with Crippen LogP contribution in [-0.2, 0) is 9.53 Å². The van der Waals surface area contributed by atoms with Gasteiger partial charge in [-0.3, -0.25) is 4.79 Å². The summed E-state index contributed by atoms with van der Waals surface area (Å²) in [6.07, 6.45) is 0. The van der Waals surface area contributed by atoms with Crippen molar-refractivity contribution in [1.29, 1.82) is 0 Å². The molecule has 0 aliphatic heterocycles. The van der Waals surface area contributed by atoms with Crippen LogP contribution >= 0.6 is 46.4 Å². The first-order valence-electron chi connectivity index (χ1n) is 11.9. The van der Waals surface area contributed by atoms with E-state index in [0.29, 0.717) is 15.9 Å². The third-order valence-electron chi connectivity index (χ3n) is 6.27. The Labute approximate surface area is 245 Å². The number of ketones is 1. The van der Waals surface area contributed by atoms with Crippen LogP contribution in [0.1, 0.15) is 27.6 Å². The maximum Gasteiger partial charge on any atom is 0.371 e. The Morgan fingerprint density at radius 3 is 1.51 bits per heavy atom. The number of carbonyl (C=O) groups is 3. The molecule has 0 saturated carbocycles. The van der Waals surface area contributed by atoms with Crippen molar-refractivity contribution in [3.8, 4) is 0 Å². The van der Waals surface area contributed by atoms with Crippen LogP contribution in [0.4, 0.5) is 0 Å². The summed E-state index contributed by atoms with van der Waals surface area (Å²) in [5.74, 6) is -3.04. The number of carboxylic acids is 1. The Hall–Kier alpha value is -3.02. The van der Waals surface area contributed by atoms with Gasteiger partial charge in [0.25, 0.3) is 0 Å². The normalized spacial score (nSPS) is 12.8. The van der Waals surface area contributed by atoms with Crippen molar-refractivity contribution >= 4 is 80.0 Å². The molecule has 0 radical (unpaired) electrons. The van der Waals surface area contributed by atoms with Gasteiger partial charge in [0.1, 0.15) is 23.2 Å². The van der Waals surface area contributed by atoms with Crippen molar-refractivity contribution in [3.63, 3.8) is 0 Å². The van der Waals surface area contributed by atoms with Gasteiger partial charge in [0, 0.05) is 5.56 Å². The average Bonchev–Trinajstić information content (AvgIpc) is 2.96. The van der Waals surface area contributed by atoms with Crippen molar-refractivity contribution in [1.82, 2.24) is 0 Å². The zero-order chi connectivity index (χ0) is 28.2. The molecular formula is C30H23BrCl2O5P+. The van der Waals surface area contributed by atoms with E-state index in [1.54, 1.807) is 6.92 Å². The summed E-state index contributed by atoms with van der Waals surface area (Å²) < 4.78 is 3.51. The van der Waals surface area contributed by atoms with Gasteiger partial charge in [-0.05, 0) is 71.4 Å². The predicted octanol–water partition coefficient (Wildman–Crippen LogP) is 6.52. The van der Waals surface area contributed by atoms with Crippen molar-refractivity contribution in [2.45, 2.75) is 11.0 Å². The Morgan fingerprint density at radius 1 is 0.769 bits per heavy atom. The molecule has 0 aromatic heterocycles. The van der Waals surface area contributed by atoms with Gasteiger partial charge in [0.15, 0.2) is 0 Å². The van der Waals surface area contributed by atoms with E-state index in [9.17, 15) is 19.5 Å². The molecule has 0 saturated heterocycles. The van der Waals surface area contributed by atoms with E-state index in [-0.39, 0.29) is 27.8 Å². The highest BCUT2D eigenvalue weighted by molar-refractivity contribution is 9.12. The molecule has 0 aliphatic carbocycles. The summed E-state index contributed by atoms with van der Waals surface area (Å²) in [5, 5.41) is 12.1. The largest absolute Gasteiger partial charge is 0.478 e. The van der Waals surface area contributed by atoms with E-state index in [1.807, 2.05) is 91.0 Å². The van der Waals surface area contributed by atoms with Crippen LogP contribution in [0, 0.1) is 0 Å². The van der Waals surface area contributed by atoms with Gasteiger partial charge in [0.05, 0.1) is 22.2 Å². The smallest absolute Gasteiger partial charge is 0.371 e. The Bertz CT molecular complexity index is 1420. The lowest BCUT2D eigenvalue weighted by Crippen LogP contribution is -2.54. The summed E-state index contributed by atoms with van der Waals surface area (Å²) in [6, 6.07) is 30.0. The van der Waals surface area contributed by atoms with E-state index >= 15 is 0 Å². The van der Waals surface area contributed by atoms with E-state index in [1.165, 1.54) is 6.07 Å². The zero-order valence-corrected chi connectivity index (χ0v) is 24.7. The highest BCUT2D eigenvalue weighted by Gasteiger charge is 2.71. The number of alkyl halides is 1. The van der Waals surface area contributed by atoms with Gasteiger partial charge >= 0.3 is 16.0 Å². The molecule has 4 rings (SSSR count). The third kappa shape index (κ3) is 5.03. The fourth-order valence-corrected chi connectivity index (χ4v) is 11.7. The number of hydrogen-bond donors (Lipinski definition) is 1. The molecule has 0 heterocycles. The summed E-state index contributed by atoms with van der Waals surface area (Å²) in [7, 11) is -3.34. The Balaban J connectivity index is 2.22. The maximum absolute atomic E-state index is 14.9. The minimum Gasteiger partial charge on any atom is -0.478 e. The SMILES string of the molecule is CCOC(=O)C(Br)(C(=O)c1cc(Cl)c(Cl)cc1C(=O)O)[P+](c1ccccc1)(c1ccccc1)c1ccccc1. The fourth-order valence-electron chi connectivity index (χ4n) is 4.63. The van der Waals surface area contributed by atoms with E-state index in [4.69, 9.17) is 27.9 Å². The monoisotopic (exact) mass is 643 g/mol. The molecule has 1 unspecified atom stereocenters. The van der Waals surface area contributed by atoms with Gasteiger partial charge in [-0.15, -0.1) is 0 Å². The van der Waals surface area contributed by atoms with Crippen LogP contribution in [0.3, 0.4) is 0 Å². The molecule has 4 aromatic carbocycles. The topological polar surface area (TPSA) is 80.7 Å². The van der Waals surface area contributed by atoms with Gasteiger partial charge in [0.2, 0.25) is 5.78 Å². The molecule has 39 heavy (non-hydrogen) atoms. The Kier molecular flexibility index (Phi) is 8.93. The number of halogens is 3. The number of benzene rings is 4. The quantitative estimate of drug-likeness (QED) is 0.0738. The van der Waals surface area contributed by atoms with Crippen molar-refractivity contribution in [2.75, 3.05) is 6.61 Å². The number of rotatable bonds is 9. The molecule has 0 spiro atoms. The average molecular weight is 645 g/mol. The molecule has 0 amide bonds. The van der Waals surface area contributed by atoms with Crippen molar-refractivity contribution in [3.05, 3.63) is 124 Å². The second-order valence-electron chi connectivity index (χ2n) is 8.47. The second-order valence-corrected chi connectivity index (χ2v) is 14.6. The minimum atomic E-state index is -3.34. The molecular weight excluding hydrogens is 622 g/mol. The molecule has 198 valence electrons. The summed E-state index contributed by atoms with van der Waals surface area (Å²) >= 11 is 16.1. The first-order chi connectivity index (χ1) is 18.7. The standard InChI is InChI=1S/C30H22BrCl2O5P/c1-2-38-29(37)30(31,27(34)23-18-25(32)26(33)19-24(23)28(35)36)39(20-12-6-3-7-13-20,21-14-8-4-9-15-21)22-16-10-5-11-17-22/h3-19H,2H2,1H3/p+1. The number of hydrogen-bond acceptors (Lipinski definition) is 4. The lowest BCUT2D eigenvalue weighted by atomic mass is 10.0. The summed E-state index contributed by atoms with van der Waals surface area (Å²) in [5.41, 5.74) is -0.649. The van der Waals surface area contributed by atoms with Crippen LogP contribution in [0.2, 0.25) is 10.0 Å². The zero-order valence-electron chi connectivity index (χ0n) is 20.7. The maximum atomic E-state index is 14.9. The minimum absolute atomic E-state index is 0.00893. The molecule has 0 bridgehead atoms. The Morgan fingerprint density at radius 2 is 1.15 bits per heavy atom. The highest BCUT2D eigenvalue weighted by Crippen LogP contribution is 2.70. The highest BCUT2D eigenvalue weighted by atomic mass is 79.9.